The van der Waals surface area contributed by atoms with Gasteiger partial charge in [-0.1, -0.05) is 45.4 Å². The summed E-state index contributed by atoms with van der Waals surface area (Å²) in [5.41, 5.74) is 1.59. The molecule has 2 aromatic rings. The van der Waals surface area contributed by atoms with E-state index >= 15 is 0 Å². The molecule has 4 nitrogen and oxygen atoms in total. The van der Waals surface area contributed by atoms with Crippen molar-refractivity contribution in [2.75, 3.05) is 5.75 Å². The summed E-state index contributed by atoms with van der Waals surface area (Å²) in [6, 6.07) is 5.54. The summed E-state index contributed by atoms with van der Waals surface area (Å²) in [7, 11) is 0. The summed E-state index contributed by atoms with van der Waals surface area (Å²) in [6.45, 7) is 0. The number of carboxylic acid groups (broad SMARTS) is 1. The summed E-state index contributed by atoms with van der Waals surface area (Å²) >= 11 is 10.6. The lowest BCUT2D eigenvalue weighted by Gasteiger charge is -2.01. The lowest BCUT2D eigenvalue weighted by Crippen LogP contribution is -1.97. The van der Waals surface area contributed by atoms with E-state index in [1.165, 1.54) is 0 Å². The van der Waals surface area contributed by atoms with Crippen LogP contribution in [0, 0.1) is 0 Å². The van der Waals surface area contributed by atoms with Gasteiger partial charge in [0.25, 0.3) is 0 Å². The molecule has 0 saturated carbocycles. The van der Waals surface area contributed by atoms with E-state index in [1.807, 2.05) is 12.1 Å². The van der Waals surface area contributed by atoms with Crippen LogP contribution in [0.2, 0.25) is 5.02 Å². The van der Waals surface area contributed by atoms with Gasteiger partial charge in [-0.05, 0) is 12.1 Å². The minimum Gasteiger partial charge on any atom is -0.481 e. The first-order valence-corrected chi connectivity index (χ1v) is 7.07. The van der Waals surface area contributed by atoms with Gasteiger partial charge in [0.1, 0.15) is 0 Å². The monoisotopic (exact) mass is 346 g/mol. The Bertz CT molecular complexity index is 588. The molecule has 2 N–H and O–H groups in total. The summed E-state index contributed by atoms with van der Waals surface area (Å²) in [5.74, 6) is -0.902. The van der Waals surface area contributed by atoms with E-state index < -0.39 is 5.97 Å². The minimum atomic E-state index is -0.875. The predicted octanol–water partition coefficient (Wildman–Crippen LogP) is 3.67. The maximum Gasteiger partial charge on any atom is 0.313 e. The van der Waals surface area contributed by atoms with E-state index in [4.69, 9.17) is 16.7 Å². The second-order valence-electron chi connectivity index (χ2n) is 3.41. The van der Waals surface area contributed by atoms with E-state index in [2.05, 4.69) is 25.9 Å². The third-order valence-electron chi connectivity index (χ3n) is 2.11. The number of benzene rings is 1. The number of nitrogens with zero attached hydrogens (tertiary/aromatic N) is 1. The molecule has 18 heavy (non-hydrogen) atoms. The SMILES string of the molecule is O=C(O)CSc1ncc(-c2ccc(Br)cc2Cl)[nH]1. The third-order valence-corrected chi connectivity index (χ3v) is 3.78. The molecule has 1 heterocycles. The Kier molecular flexibility index (Phi) is 4.31. The average Bonchev–Trinajstić information content (AvgIpc) is 2.75. The number of aromatic amines is 1. The number of carboxylic acids is 1. The highest BCUT2D eigenvalue weighted by Gasteiger charge is 2.09. The molecule has 0 atom stereocenters. The molecular weight excluding hydrogens is 340 g/mol. The van der Waals surface area contributed by atoms with Crippen LogP contribution >= 0.6 is 39.3 Å². The number of imidazole rings is 1. The van der Waals surface area contributed by atoms with Crippen LogP contribution in [0.5, 0.6) is 0 Å². The number of thioether (sulfide) groups is 1. The molecule has 0 aliphatic heterocycles. The molecule has 0 saturated heterocycles. The van der Waals surface area contributed by atoms with Gasteiger partial charge in [0.15, 0.2) is 5.16 Å². The van der Waals surface area contributed by atoms with E-state index in [1.54, 1.807) is 12.3 Å². The van der Waals surface area contributed by atoms with E-state index in [0.717, 1.165) is 27.5 Å². The molecule has 7 heteroatoms. The van der Waals surface area contributed by atoms with E-state index in [-0.39, 0.29) is 5.75 Å². The smallest absolute Gasteiger partial charge is 0.313 e. The molecule has 0 fully saturated rings. The average molecular weight is 348 g/mol. The number of nitrogens with one attached hydrogen (secondary N) is 1. The maximum atomic E-state index is 10.5. The van der Waals surface area contributed by atoms with Crippen LogP contribution in [0.25, 0.3) is 11.3 Å². The second kappa shape index (κ2) is 5.77. The molecule has 0 radical (unpaired) electrons. The number of halogens is 2. The van der Waals surface area contributed by atoms with Crippen LogP contribution in [0.15, 0.2) is 34.0 Å². The van der Waals surface area contributed by atoms with Crippen molar-refractivity contribution < 1.29 is 9.90 Å². The Labute approximate surface area is 121 Å². The van der Waals surface area contributed by atoms with Crippen LogP contribution in [-0.4, -0.2) is 26.8 Å². The molecule has 1 aromatic carbocycles. The Morgan fingerprint density at radius 1 is 1.56 bits per heavy atom. The van der Waals surface area contributed by atoms with Gasteiger partial charge in [-0.2, -0.15) is 0 Å². The van der Waals surface area contributed by atoms with Crippen molar-refractivity contribution in [2.24, 2.45) is 0 Å². The van der Waals surface area contributed by atoms with Gasteiger partial charge in [0.05, 0.1) is 22.7 Å². The van der Waals surface area contributed by atoms with Crippen molar-refractivity contribution in [3.8, 4) is 11.3 Å². The van der Waals surface area contributed by atoms with Gasteiger partial charge in [-0.15, -0.1) is 0 Å². The van der Waals surface area contributed by atoms with E-state index in [0.29, 0.717) is 10.2 Å². The van der Waals surface area contributed by atoms with Crippen LogP contribution in [-0.2, 0) is 4.79 Å². The first-order valence-electron chi connectivity index (χ1n) is 4.91. The first kappa shape index (κ1) is 13.5. The zero-order valence-corrected chi connectivity index (χ0v) is 12.1. The number of aliphatic carboxylic acids is 1. The highest BCUT2D eigenvalue weighted by Crippen LogP contribution is 2.30. The molecule has 0 aliphatic rings. The Morgan fingerprint density at radius 2 is 2.33 bits per heavy atom. The summed E-state index contributed by atoms with van der Waals surface area (Å²) in [5, 5.41) is 9.75. The normalized spacial score (nSPS) is 10.6. The topological polar surface area (TPSA) is 66.0 Å². The fourth-order valence-corrected chi connectivity index (χ4v) is 2.70. The predicted molar refractivity (Wildman–Crippen MR) is 75.1 cm³/mol. The molecule has 2 rings (SSSR count). The van der Waals surface area contributed by atoms with Gasteiger partial charge < -0.3 is 10.1 Å². The second-order valence-corrected chi connectivity index (χ2v) is 5.70. The van der Waals surface area contributed by atoms with Crippen molar-refractivity contribution in [3.63, 3.8) is 0 Å². The van der Waals surface area contributed by atoms with Crippen molar-refractivity contribution in [1.82, 2.24) is 9.97 Å². The Balaban J connectivity index is 2.21. The van der Waals surface area contributed by atoms with Crippen molar-refractivity contribution in [2.45, 2.75) is 5.16 Å². The standard InChI is InChI=1S/C11H8BrClN2O2S/c12-6-1-2-7(8(13)3-6)9-4-14-11(15-9)18-5-10(16)17/h1-4H,5H2,(H,14,15)(H,16,17). The molecule has 0 aliphatic carbocycles. The number of aromatic nitrogens is 2. The summed E-state index contributed by atoms with van der Waals surface area (Å²) in [6.07, 6.45) is 1.64. The molecular formula is C11H8BrClN2O2S. The zero-order chi connectivity index (χ0) is 13.1. The molecule has 0 bridgehead atoms. The highest BCUT2D eigenvalue weighted by molar-refractivity contribution is 9.10. The lowest BCUT2D eigenvalue weighted by atomic mass is 10.2. The number of hydrogen-bond donors (Lipinski definition) is 2. The molecule has 94 valence electrons. The summed E-state index contributed by atoms with van der Waals surface area (Å²) in [4.78, 5) is 17.6. The Hall–Kier alpha value is -0.980. The van der Waals surface area contributed by atoms with Crippen molar-refractivity contribution in [1.29, 1.82) is 0 Å². The van der Waals surface area contributed by atoms with E-state index in [9.17, 15) is 4.79 Å². The van der Waals surface area contributed by atoms with Gasteiger partial charge in [-0.25, -0.2) is 4.98 Å². The van der Waals surface area contributed by atoms with Crippen molar-refractivity contribution >= 4 is 45.3 Å². The first-order chi connectivity index (χ1) is 8.56. The number of carbonyl (C=O) groups is 1. The highest BCUT2D eigenvalue weighted by atomic mass is 79.9. The molecule has 0 amide bonds. The fourth-order valence-electron chi connectivity index (χ4n) is 1.35. The number of hydrogen-bond acceptors (Lipinski definition) is 3. The lowest BCUT2D eigenvalue weighted by molar-refractivity contribution is -0.133. The van der Waals surface area contributed by atoms with Crippen molar-refractivity contribution in [3.05, 3.63) is 33.9 Å². The molecule has 1 aromatic heterocycles. The molecule has 0 spiro atoms. The van der Waals surface area contributed by atoms with Gasteiger partial charge in [-0.3, -0.25) is 4.79 Å². The van der Waals surface area contributed by atoms with Crippen LogP contribution in [0.4, 0.5) is 0 Å². The quantitative estimate of drug-likeness (QED) is 0.828. The van der Waals surface area contributed by atoms with Crippen LogP contribution < -0.4 is 0 Å². The summed E-state index contributed by atoms with van der Waals surface area (Å²) < 4.78 is 0.899. The minimum absolute atomic E-state index is 0.0268. The number of rotatable bonds is 4. The third kappa shape index (κ3) is 3.28. The van der Waals surface area contributed by atoms with Gasteiger partial charge in [0, 0.05) is 10.0 Å². The van der Waals surface area contributed by atoms with Gasteiger partial charge >= 0.3 is 5.97 Å². The molecule has 0 unspecified atom stereocenters. The van der Waals surface area contributed by atoms with Gasteiger partial charge in [0.2, 0.25) is 0 Å². The maximum absolute atomic E-state index is 10.5. The van der Waals surface area contributed by atoms with Crippen LogP contribution in [0.3, 0.4) is 0 Å². The largest absolute Gasteiger partial charge is 0.481 e. The fraction of sp³-hybridized carbons (Fsp3) is 0.0909. The zero-order valence-electron chi connectivity index (χ0n) is 8.98. The van der Waals surface area contributed by atoms with Crippen LogP contribution in [0.1, 0.15) is 0 Å². The Morgan fingerprint density at radius 3 is 3.00 bits per heavy atom. The number of H-pyrrole nitrogens is 1.